The molecule has 260 valence electrons. The van der Waals surface area contributed by atoms with Crippen molar-refractivity contribution in [3.05, 3.63) is 83.8 Å². The second-order valence-corrected chi connectivity index (χ2v) is 13.6. The van der Waals surface area contributed by atoms with E-state index in [4.69, 9.17) is 9.47 Å². The van der Waals surface area contributed by atoms with Crippen molar-refractivity contribution in [2.75, 3.05) is 13.1 Å². The van der Waals surface area contributed by atoms with Gasteiger partial charge in [-0.05, 0) is 101 Å². The van der Waals surface area contributed by atoms with E-state index in [1.165, 1.54) is 24.3 Å². The number of carbonyl (C=O) groups is 4. The number of carbonyl (C=O) groups excluding carboxylic acids is 3. The second-order valence-electron chi connectivity index (χ2n) is 13.6. The number of alkyl carbamates (subject to hydrolysis) is 2. The molecule has 1 aromatic heterocycles. The standard InChI is InChI=1S/C37H43FN4O7/c1-36(2,3)48-34(46)39-19-7-8-27(41-35(47)49-37(4,5)6)21-40-32(43)31-30(23-9-11-24(12-10-23)33(44)45)28-18-15-25(20-29(28)42-31)22-13-16-26(38)17-14-22/h9-18,20,27,42H,7-8,19,21H2,1-6H3,(H,39,46)(H,40,43)(H,41,47)(H,44,45). The zero-order chi connectivity index (χ0) is 35.9. The van der Waals surface area contributed by atoms with Gasteiger partial charge in [0.1, 0.15) is 22.7 Å². The van der Waals surface area contributed by atoms with Gasteiger partial charge in [-0.1, -0.05) is 36.4 Å². The predicted molar refractivity (Wildman–Crippen MR) is 185 cm³/mol. The molecule has 1 unspecified atom stereocenters. The average molecular weight is 675 g/mol. The fourth-order valence-corrected chi connectivity index (χ4v) is 5.13. The average Bonchev–Trinajstić information content (AvgIpc) is 3.39. The van der Waals surface area contributed by atoms with Crippen molar-refractivity contribution in [2.45, 2.75) is 71.6 Å². The molecule has 1 heterocycles. The number of aromatic carboxylic acids is 1. The van der Waals surface area contributed by atoms with Crippen LogP contribution in [0.25, 0.3) is 33.2 Å². The summed E-state index contributed by atoms with van der Waals surface area (Å²) in [7, 11) is 0. The number of carboxylic acid groups (broad SMARTS) is 1. The number of fused-ring (bicyclic) bond motifs is 1. The van der Waals surface area contributed by atoms with Crippen molar-refractivity contribution >= 4 is 35.0 Å². The highest BCUT2D eigenvalue weighted by Crippen LogP contribution is 2.35. The lowest BCUT2D eigenvalue weighted by Crippen LogP contribution is -2.46. The third-order valence-electron chi connectivity index (χ3n) is 7.25. The lowest BCUT2D eigenvalue weighted by Gasteiger charge is -2.24. The summed E-state index contributed by atoms with van der Waals surface area (Å²) in [5.74, 6) is -1.88. The number of benzene rings is 3. The van der Waals surface area contributed by atoms with Crippen molar-refractivity contribution in [3.63, 3.8) is 0 Å². The molecule has 0 aliphatic carbocycles. The van der Waals surface area contributed by atoms with E-state index in [9.17, 15) is 28.7 Å². The molecule has 3 aromatic carbocycles. The smallest absolute Gasteiger partial charge is 0.407 e. The van der Waals surface area contributed by atoms with Crippen molar-refractivity contribution in [1.29, 1.82) is 0 Å². The van der Waals surface area contributed by atoms with Crippen molar-refractivity contribution in [3.8, 4) is 22.3 Å². The van der Waals surface area contributed by atoms with Gasteiger partial charge in [0.25, 0.3) is 5.91 Å². The van der Waals surface area contributed by atoms with E-state index in [0.29, 0.717) is 29.5 Å². The Bertz CT molecular complexity index is 1800. The van der Waals surface area contributed by atoms with Gasteiger partial charge in [0.05, 0.1) is 5.56 Å². The van der Waals surface area contributed by atoms with Gasteiger partial charge in [-0.15, -0.1) is 0 Å². The van der Waals surface area contributed by atoms with Crippen LogP contribution in [-0.2, 0) is 9.47 Å². The van der Waals surface area contributed by atoms with Crippen molar-refractivity contribution < 1.29 is 38.1 Å². The topological polar surface area (TPSA) is 159 Å². The molecule has 0 saturated carbocycles. The molecule has 4 rings (SSSR count). The van der Waals surface area contributed by atoms with E-state index >= 15 is 0 Å². The fourth-order valence-electron chi connectivity index (χ4n) is 5.13. The van der Waals surface area contributed by atoms with Gasteiger partial charge in [0.2, 0.25) is 0 Å². The maximum Gasteiger partial charge on any atom is 0.407 e. The summed E-state index contributed by atoms with van der Waals surface area (Å²) in [6.07, 6.45) is -0.338. The van der Waals surface area contributed by atoms with Gasteiger partial charge in [0, 0.05) is 35.6 Å². The minimum absolute atomic E-state index is 0.0398. The molecule has 11 nitrogen and oxygen atoms in total. The summed E-state index contributed by atoms with van der Waals surface area (Å²) in [5.41, 5.74) is 2.36. The van der Waals surface area contributed by atoms with Crippen molar-refractivity contribution in [1.82, 2.24) is 20.9 Å². The van der Waals surface area contributed by atoms with Crippen LogP contribution in [0.2, 0.25) is 0 Å². The molecule has 12 heteroatoms. The third kappa shape index (κ3) is 10.6. The van der Waals surface area contributed by atoms with Crippen LogP contribution in [-0.4, -0.2) is 64.5 Å². The first-order valence-corrected chi connectivity index (χ1v) is 16.0. The van der Waals surface area contributed by atoms with Crippen LogP contribution in [0.3, 0.4) is 0 Å². The van der Waals surface area contributed by atoms with Crippen LogP contribution in [0.4, 0.5) is 14.0 Å². The quantitative estimate of drug-likeness (QED) is 0.105. The van der Waals surface area contributed by atoms with E-state index < -0.39 is 41.3 Å². The highest BCUT2D eigenvalue weighted by atomic mass is 19.1. The maximum atomic E-state index is 13.9. The third-order valence-corrected chi connectivity index (χ3v) is 7.25. The SMILES string of the molecule is CC(C)(C)OC(=O)NCCCC(CNC(=O)c1[nH]c2cc(-c3ccc(F)cc3)ccc2c1-c1ccc(C(=O)O)cc1)NC(=O)OC(C)(C)C. The van der Waals surface area contributed by atoms with E-state index in [0.717, 1.165) is 16.5 Å². The zero-order valence-electron chi connectivity index (χ0n) is 28.5. The van der Waals surface area contributed by atoms with Gasteiger partial charge in [-0.2, -0.15) is 0 Å². The highest BCUT2D eigenvalue weighted by Gasteiger charge is 2.24. The normalized spacial score (nSPS) is 12.2. The number of amides is 3. The van der Waals surface area contributed by atoms with Gasteiger partial charge in [-0.3, -0.25) is 4.79 Å². The number of hydrogen-bond donors (Lipinski definition) is 5. The largest absolute Gasteiger partial charge is 0.478 e. The van der Waals surface area contributed by atoms with Gasteiger partial charge < -0.3 is 35.5 Å². The number of aromatic nitrogens is 1. The molecule has 4 aromatic rings. The molecule has 0 aliphatic heterocycles. The monoisotopic (exact) mass is 674 g/mol. The molecule has 3 amide bonds. The summed E-state index contributed by atoms with van der Waals surface area (Å²) < 4.78 is 24.3. The zero-order valence-corrected chi connectivity index (χ0v) is 28.5. The summed E-state index contributed by atoms with van der Waals surface area (Å²) in [6, 6.07) is 17.3. The van der Waals surface area contributed by atoms with E-state index in [-0.39, 0.29) is 30.2 Å². The number of nitrogens with one attached hydrogen (secondary N) is 4. The van der Waals surface area contributed by atoms with Gasteiger partial charge >= 0.3 is 18.2 Å². The Morgan fingerprint density at radius 1 is 0.796 bits per heavy atom. The van der Waals surface area contributed by atoms with Crippen LogP contribution >= 0.6 is 0 Å². The summed E-state index contributed by atoms with van der Waals surface area (Å²) in [5, 5.41) is 18.6. The molecule has 1 atom stereocenters. The Labute approximate surface area is 284 Å². The molecular formula is C37H43FN4O7. The molecule has 49 heavy (non-hydrogen) atoms. The lowest BCUT2D eigenvalue weighted by atomic mass is 9.98. The highest BCUT2D eigenvalue weighted by molar-refractivity contribution is 6.10. The number of rotatable bonds is 11. The van der Waals surface area contributed by atoms with Crippen LogP contribution in [0, 0.1) is 5.82 Å². The predicted octanol–water partition coefficient (Wildman–Crippen LogP) is 7.27. The number of carboxylic acids is 1. The summed E-state index contributed by atoms with van der Waals surface area (Å²) in [6.45, 7) is 10.9. The Balaban J connectivity index is 1.59. The molecular weight excluding hydrogens is 631 g/mol. The van der Waals surface area contributed by atoms with Crippen LogP contribution < -0.4 is 16.0 Å². The minimum Gasteiger partial charge on any atom is -0.478 e. The number of ether oxygens (including phenoxy) is 2. The number of halogens is 1. The van der Waals surface area contributed by atoms with Crippen molar-refractivity contribution in [2.24, 2.45) is 0 Å². The number of aromatic amines is 1. The molecule has 0 bridgehead atoms. The molecule has 5 N–H and O–H groups in total. The number of H-pyrrole nitrogens is 1. The molecule has 0 aliphatic rings. The second kappa shape index (κ2) is 15.2. The molecule has 0 saturated heterocycles. The Hall–Kier alpha value is -5.39. The van der Waals surface area contributed by atoms with Crippen LogP contribution in [0.1, 0.15) is 75.2 Å². The molecule has 0 radical (unpaired) electrons. The van der Waals surface area contributed by atoms with E-state index in [1.807, 2.05) is 18.2 Å². The first-order chi connectivity index (χ1) is 23.0. The minimum atomic E-state index is -1.07. The Kier molecular flexibility index (Phi) is 11.3. The summed E-state index contributed by atoms with van der Waals surface area (Å²) >= 11 is 0. The number of hydrogen-bond acceptors (Lipinski definition) is 6. The first-order valence-electron chi connectivity index (χ1n) is 16.0. The molecule has 0 fully saturated rings. The van der Waals surface area contributed by atoms with Gasteiger partial charge in [-0.25, -0.2) is 18.8 Å². The summed E-state index contributed by atoms with van der Waals surface area (Å²) in [4.78, 5) is 53.3. The Morgan fingerprint density at radius 3 is 2.00 bits per heavy atom. The van der Waals surface area contributed by atoms with Crippen LogP contribution in [0.5, 0.6) is 0 Å². The first kappa shape index (κ1) is 36.4. The lowest BCUT2D eigenvalue weighted by molar-refractivity contribution is 0.0487. The fraction of sp³-hybridized carbons (Fsp3) is 0.351. The Morgan fingerprint density at radius 2 is 1.39 bits per heavy atom. The van der Waals surface area contributed by atoms with E-state index in [2.05, 4.69) is 20.9 Å². The maximum absolute atomic E-state index is 13.9. The van der Waals surface area contributed by atoms with E-state index in [1.54, 1.807) is 65.8 Å². The molecule has 0 spiro atoms. The van der Waals surface area contributed by atoms with Crippen LogP contribution in [0.15, 0.2) is 66.7 Å². The van der Waals surface area contributed by atoms with Gasteiger partial charge in [0.15, 0.2) is 0 Å².